The Hall–Kier alpha value is -2.96. The summed E-state index contributed by atoms with van der Waals surface area (Å²) in [6.45, 7) is 0. The van der Waals surface area contributed by atoms with E-state index in [1.807, 2.05) is 0 Å². The number of para-hydroxylation sites is 1. The van der Waals surface area contributed by atoms with Gasteiger partial charge in [-0.2, -0.15) is 10.2 Å². The van der Waals surface area contributed by atoms with Crippen LogP contribution >= 0.6 is 0 Å². The lowest BCUT2D eigenvalue weighted by atomic mass is 9.85. The van der Waals surface area contributed by atoms with Crippen LogP contribution < -0.4 is 5.32 Å². The Morgan fingerprint density at radius 1 is 1.10 bits per heavy atom. The van der Waals surface area contributed by atoms with E-state index in [9.17, 15) is 9.18 Å². The molecule has 2 aliphatic carbocycles. The third-order valence-corrected chi connectivity index (χ3v) is 6.50. The molecule has 0 aliphatic heterocycles. The van der Waals surface area contributed by atoms with E-state index in [0.29, 0.717) is 17.2 Å². The highest BCUT2D eigenvalue weighted by molar-refractivity contribution is 5.95. The predicted octanol–water partition coefficient (Wildman–Crippen LogP) is 4.59. The monoisotopic (exact) mass is 407 g/mol. The maximum atomic E-state index is 14.3. The molecule has 5 rings (SSSR count). The number of nitrogens with one attached hydrogen (secondary N) is 2. The molecular formula is C23H26FN5O. The fourth-order valence-electron chi connectivity index (χ4n) is 4.95. The number of carbonyl (C=O) groups excluding carboxylic acids is 1. The second-order valence-electron chi connectivity index (χ2n) is 8.36. The number of benzene rings is 1. The minimum atomic E-state index is -0.301. The first kappa shape index (κ1) is 19.0. The first-order valence-electron chi connectivity index (χ1n) is 10.9. The van der Waals surface area contributed by atoms with E-state index in [4.69, 9.17) is 0 Å². The van der Waals surface area contributed by atoms with Gasteiger partial charge in [0.15, 0.2) is 0 Å². The number of hydrogen-bond acceptors (Lipinski definition) is 3. The highest BCUT2D eigenvalue weighted by atomic mass is 19.1. The van der Waals surface area contributed by atoms with E-state index in [-0.39, 0.29) is 17.8 Å². The lowest BCUT2D eigenvalue weighted by molar-refractivity contribution is 0.0931. The predicted molar refractivity (Wildman–Crippen MR) is 111 cm³/mol. The normalized spacial score (nSPS) is 19.4. The number of amides is 1. The first-order valence-corrected chi connectivity index (χ1v) is 10.9. The van der Waals surface area contributed by atoms with Gasteiger partial charge in [-0.1, -0.05) is 31.4 Å². The number of halogens is 1. The van der Waals surface area contributed by atoms with Gasteiger partial charge >= 0.3 is 0 Å². The van der Waals surface area contributed by atoms with Crippen LogP contribution in [0.25, 0.3) is 5.69 Å². The third kappa shape index (κ3) is 3.42. The van der Waals surface area contributed by atoms with Gasteiger partial charge in [-0.15, -0.1) is 0 Å². The Balaban J connectivity index is 1.39. The van der Waals surface area contributed by atoms with Crippen molar-refractivity contribution in [2.75, 3.05) is 0 Å². The van der Waals surface area contributed by atoms with Crippen molar-refractivity contribution in [3.05, 3.63) is 65.0 Å². The van der Waals surface area contributed by atoms with Gasteiger partial charge in [-0.05, 0) is 44.2 Å². The smallest absolute Gasteiger partial charge is 0.255 e. The van der Waals surface area contributed by atoms with Crippen LogP contribution in [0, 0.1) is 5.82 Å². The lowest BCUT2D eigenvalue weighted by Crippen LogP contribution is -2.31. The molecule has 1 fully saturated rings. The van der Waals surface area contributed by atoms with Crippen LogP contribution in [-0.2, 0) is 6.42 Å². The molecule has 3 aromatic rings. The standard InChI is InChI=1S/C23H26FN5O/c24-18-9-4-5-11-21(18)29-20-12-6-10-19(16(20)14-26-29)27-23(30)17-13-25-28-22(17)15-7-2-1-3-8-15/h4-5,9,11,13-15,19H,1-3,6-8,10,12H2,(H,25,28)(H,27,30)/t19-/m1/s1. The molecule has 0 saturated heterocycles. The second kappa shape index (κ2) is 8.05. The molecule has 6 nitrogen and oxygen atoms in total. The molecule has 1 atom stereocenters. The largest absolute Gasteiger partial charge is 0.345 e. The molecule has 1 aromatic carbocycles. The molecule has 0 bridgehead atoms. The van der Waals surface area contributed by atoms with Crippen LogP contribution in [0.1, 0.15) is 84.2 Å². The zero-order valence-corrected chi connectivity index (χ0v) is 16.9. The average molecular weight is 407 g/mol. The summed E-state index contributed by atoms with van der Waals surface area (Å²) >= 11 is 0. The number of rotatable bonds is 4. The van der Waals surface area contributed by atoms with Gasteiger partial charge in [0.05, 0.1) is 29.7 Å². The average Bonchev–Trinajstić information content (AvgIpc) is 3.43. The molecule has 156 valence electrons. The van der Waals surface area contributed by atoms with E-state index in [2.05, 4.69) is 20.6 Å². The summed E-state index contributed by atoms with van der Waals surface area (Å²) in [6, 6.07) is 6.52. The summed E-state index contributed by atoms with van der Waals surface area (Å²) in [5, 5.41) is 14.9. The van der Waals surface area contributed by atoms with Crippen LogP contribution in [-0.4, -0.2) is 25.9 Å². The molecule has 2 aliphatic rings. The topological polar surface area (TPSA) is 75.6 Å². The maximum Gasteiger partial charge on any atom is 0.255 e. The molecule has 0 radical (unpaired) electrons. The van der Waals surface area contributed by atoms with Crippen LogP contribution in [0.4, 0.5) is 4.39 Å². The van der Waals surface area contributed by atoms with Gasteiger partial charge in [0, 0.05) is 17.2 Å². The summed E-state index contributed by atoms with van der Waals surface area (Å²) < 4.78 is 16.0. The Morgan fingerprint density at radius 2 is 1.93 bits per heavy atom. The summed E-state index contributed by atoms with van der Waals surface area (Å²) in [4.78, 5) is 13.1. The molecule has 1 saturated carbocycles. The van der Waals surface area contributed by atoms with Crippen molar-refractivity contribution in [3.63, 3.8) is 0 Å². The highest BCUT2D eigenvalue weighted by Gasteiger charge is 2.29. The second-order valence-corrected chi connectivity index (χ2v) is 8.36. The Bertz CT molecular complexity index is 1050. The fourth-order valence-corrected chi connectivity index (χ4v) is 4.95. The maximum absolute atomic E-state index is 14.3. The van der Waals surface area contributed by atoms with Crippen molar-refractivity contribution in [1.29, 1.82) is 0 Å². The molecule has 0 unspecified atom stereocenters. The van der Waals surface area contributed by atoms with Crippen LogP contribution in [0.15, 0.2) is 36.7 Å². The van der Waals surface area contributed by atoms with Gasteiger partial charge in [-0.3, -0.25) is 9.89 Å². The molecule has 30 heavy (non-hydrogen) atoms. The van der Waals surface area contributed by atoms with Gasteiger partial charge in [0.1, 0.15) is 11.5 Å². The van der Waals surface area contributed by atoms with Crippen LogP contribution in [0.2, 0.25) is 0 Å². The molecule has 2 aromatic heterocycles. The van der Waals surface area contributed by atoms with Crippen molar-refractivity contribution in [1.82, 2.24) is 25.3 Å². The number of aromatic amines is 1. The minimum absolute atomic E-state index is 0.0965. The zero-order valence-electron chi connectivity index (χ0n) is 16.9. The van der Waals surface area contributed by atoms with Crippen molar-refractivity contribution in [2.24, 2.45) is 0 Å². The number of aromatic nitrogens is 4. The van der Waals surface area contributed by atoms with E-state index in [1.165, 1.54) is 25.3 Å². The first-order chi connectivity index (χ1) is 14.7. The van der Waals surface area contributed by atoms with Gasteiger partial charge < -0.3 is 5.32 Å². The van der Waals surface area contributed by atoms with E-state index < -0.39 is 0 Å². The number of hydrogen-bond donors (Lipinski definition) is 2. The Morgan fingerprint density at radius 3 is 2.77 bits per heavy atom. The van der Waals surface area contributed by atoms with Crippen LogP contribution in [0.5, 0.6) is 0 Å². The van der Waals surface area contributed by atoms with Crippen molar-refractivity contribution in [2.45, 2.75) is 63.3 Å². The fraction of sp³-hybridized carbons (Fsp3) is 0.435. The summed E-state index contributed by atoms with van der Waals surface area (Å²) in [5.41, 5.74) is 4.00. The van der Waals surface area contributed by atoms with Crippen molar-refractivity contribution < 1.29 is 9.18 Å². The third-order valence-electron chi connectivity index (χ3n) is 6.50. The summed E-state index contributed by atoms with van der Waals surface area (Å²) in [5.74, 6) is -0.0152. The number of nitrogens with zero attached hydrogens (tertiary/aromatic N) is 3. The van der Waals surface area contributed by atoms with E-state index >= 15 is 0 Å². The number of fused-ring (bicyclic) bond motifs is 1. The van der Waals surface area contributed by atoms with E-state index in [1.54, 1.807) is 35.3 Å². The molecular weight excluding hydrogens is 381 g/mol. The SMILES string of the molecule is O=C(N[C@@H]1CCCc2c1cnn2-c1ccccc1F)c1cn[nH]c1C1CCCCC1. The quantitative estimate of drug-likeness (QED) is 0.664. The molecule has 2 N–H and O–H groups in total. The number of carbonyl (C=O) groups is 1. The van der Waals surface area contributed by atoms with E-state index in [0.717, 1.165) is 49.1 Å². The van der Waals surface area contributed by atoms with Crippen molar-refractivity contribution >= 4 is 5.91 Å². The minimum Gasteiger partial charge on any atom is -0.345 e. The molecule has 7 heteroatoms. The zero-order chi connectivity index (χ0) is 20.5. The lowest BCUT2D eigenvalue weighted by Gasteiger charge is -2.25. The van der Waals surface area contributed by atoms with Gasteiger partial charge in [0.2, 0.25) is 0 Å². The summed E-state index contributed by atoms with van der Waals surface area (Å²) in [7, 11) is 0. The Labute approximate surface area is 174 Å². The highest BCUT2D eigenvalue weighted by Crippen LogP contribution is 2.35. The van der Waals surface area contributed by atoms with Gasteiger partial charge in [0.25, 0.3) is 5.91 Å². The Kier molecular flexibility index (Phi) is 5.11. The molecule has 0 spiro atoms. The van der Waals surface area contributed by atoms with Crippen LogP contribution in [0.3, 0.4) is 0 Å². The molecule has 2 heterocycles. The summed E-state index contributed by atoms with van der Waals surface area (Å²) in [6.07, 6.45) is 11.9. The van der Waals surface area contributed by atoms with Gasteiger partial charge in [-0.25, -0.2) is 9.07 Å². The number of H-pyrrole nitrogens is 1. The molecule has 1 amide bonds. The van der Waals surface area contributed by atoms with Crippen molar-refractivity contribution in [3.8, 4) is 5.69 Å².